The number of hydrogen-bond acceptors (Lipinski definition) is 3. The normalized spacial score (nSPS) is 19.1. The molecule has 1 saturated heterocycles. The average molecular weight is 305 g/mol. The first-order chi connectivity index (χ1) is 10.7. The van der Waals surface area contributed by atoms with E-state index in [0.717, 1.165) is 31.0 Å². The van der Waals surface area contributed by atoms with Crippen molar-refractivity contribution in [3.05, 3.63) is 24.3 Å². The minimum atomic E-state index is 0.638. The van der Waals surface area contributed by atoms with E-state index in [2.05, 4.69) is 16.8 Å². The van der Waals surface area contributed by atoms with Crippen LogP contribution in [0.25, 0.3) is 0 Å². The number of benzene rings is 1. The Balaban J connectivity index is 1.66. The lowest BCUT2D eigenvalue weighted by atomic mass is 10.0. The van der Waals surface area contributed by atoms with Gasteiger partial charge in [-0.3, -0.25) is 4.99 Å². The van der Waals surface area contributed by atoms with E-state index < -0.39 is 0 Å². The van der Waals surface area contributed by atoms with Crippen LogP contribution in [0.3, 0.4) is 0 Å². The molecule has 1 aromatic carbocycles. The van der Waals surface area contributed by atoms with Gasteiger partial charge in [0.15, 0.2) is 5.96 Å². The SMILES string of the molecule is COc1ccc(OCCCN=C(N)N2CCCC(C)C2)cc1. The lowest BCUT2D eigenvalue weighted by Gasteiger charge is -2.31. The molecule has 1 unspecified atom stereocenters. The van der Waals surface area contributed by atoms with Crippen molar-refractivity contribution in [1.82, 2.24) is 4.90 Å². The lowest BCUT2D eigenvalue weighted by molar-refractivity contribution is 0.269. The smallest absolute Gasteiger partial charge is 0.191 e. The average Bonchev–Trinajstić information content (AvgIpc) is 2.55. The number of guanidine groups is 1. The Morgan fingerprint density at radius 3 is 2.73 bits per heavy atom. The molecule has 0 bridgehead atoms. The molecule has 122 valence electrons. The van der Waals surface area contributed by atoms with E-state index in [-0.39, 0.29) is 0 Å². The van der Waals surface area contributed by atoms with Crippen molar-refractivity contribution < 1.29 is 9.47 Å². The zero-order valence-electron chi connectivity index (χ0n) is 13.6. The minimum absolute atomic E-state index is 0.638. The first-order valence-corrected chi connectivity index (χ1v) is 8.00. The van der Waals surface area contributed by atoms with Crippen LogP contribution in [0.5, 0.6) is 11.5 Å². The fraction of sp³-hybridized carbons (Fsp3) is 0.588. The zero-order valence-corrected chi connectivity index (χ0v) is 13.6. The van der Waals surface area contributed by atoms with E-state index in [1.54, 1.807) is 7.11 Å². The second kappa shape index (κ2) is 8.51. The van der Waals surface area contributed by atoms with Crippen LogP contribution in [0.15, 0.2) is 29.3 Å². The second-order valence-electron chi connectivity index (χ2n) is 5.81. The molecule has 1 heterocycles. The summed E-state index contributed by atoms with van der Waals surface area (Å²) in [5.41, 5.74) is 6.06. The summed E-state index contributed by atoms with van der Waals surface area (Å²) in [6.45, 7) is 5.66. The Morgan fingerprint density at radius 1 is 1.32 bits per heavy atom. The van der Waals surface area contributed by atoms with E-state index in [0.29, 0.717) is 25.0 Å². The van der Waals surface area contributed by atoms with Gasteiger partial charge < -0.3 is 20.1 Å². The zero-order chi connectivity index (χ0) is 15.8. The highest BCUT2D eigenvalue weighted by Gasteiger charge is 2.17. The Kier molecular flexibility index (Phi) is 6.37. The van der Waals surface area contributed by atoms with Crippen LogP contribution in [-0.4, -0.2) is 44.2 Å². The number of piperidine rings is 1. The molecule has 0 aliphatic carbocycles. The van der Waals surface area contributed by atoms with E-state index in [1.165, 1.54) is 12.8 Å². The van der Waals surface area contributed by atoms with Gasteiger partial charge in [-0.1, -0.05) is 6.92 Å². The van der Waals surface area contributed by atoms with Gasteiger partial charge in [-0.25, -0.2) is 0 Å². The van der Waals surface area contributed by atoms with Crippen molar-refractivity contribution in [3.8, 4) is 11.5 Å². The molecule has 5 heteroatoms. The van der Waals surface area contributed by atoms with Gasteiger partial charge in [-0.15, -0.1) is 0 Å². The van der Waals surface area contributed by atoms with Crippen molar-refractivity contribution in [2.24, 2.45) is 16.6 Å². The van der Waals surface area contributed by atoms with E-state index in [1.807, 2.05) is 24.3 Å². The third-order valence-corrected chi connectivity index (χ3v) is 3.89. The summed E-state index contributed by atoms with van der Waals surface area (Å²) >= 11 is 0. The molecule has 1 atom stereocenters. The molecule has 0 spiro atoms. The van der Waals surface area contributed by atoms with Crippen molar-refractivity contribution in [3.63, 3.8) is 0 Å². The standard InChI is InChI=1S/C17H27N3O2/c1-14-5-3-11-20(13-14)17(18)19-10-4-12-22-16-8-6-15(21-2)7-9-16/h6-9,14H,3-5,10-13H2,1-2H3,(H2,18,19). The quantitative estimate of drug-likeness (QED) is 0.498. The number of nitrogens with zero attached hydrogens (tertiary/aromatic N) is 2. The molecule has 0 amide bonds. The largest absolute Gasteiger partial charge is 0.497 e. The van der Waals surface area contributed by atoms with E-state index in [9.17, 15) is 0 Å². The first-order valence-electron chi connectivity index (χ1n) is 8.00. The van der Waals surface area contributed by atoms with Crippen molar-refractivity contribution >= 4 is 5.96 Å². The molecule has 1 aliphatic heterocycles. The van der Waals surface area contributed by atoms with Gasteiger partial charge in [0.25, 0.3) is 0 Å². The van der Waals surface area contributed by atoms with Crippen LogP contribution in [0.4, 0.5) is 0 Å². The molecule has 2 N–H and O–H groups in total. The van der Waals surface area contributed by atoms with Gasteiger partial charge >= 0.3 is 0 Å². The summed E-state index contributed by atoms with van der Waals surface area (Å²) < 4.78 is 10.8. The fourth-order valence-electron chi connectivity index (χ4n) is 2.62. The van der Waals surface area contributed by atoms with Crippen LogP contribution < -0.4 is 15.2 Å². The van der Waals surface area contributed by atoms with Crippen molar-refractivity contribution in [1.29, 1.82) is 0 Å². The highest BCUT2D eigenvalue weighted by atomic mass is 16.5. The molecule has 1 aliphatic rings. The number of ether oxygens (including phenoxy) is 2. The molecule has 5 nitrogen and oxygen atoms in total. The monoisotopic (exact) mass is 305 g/mol. The molecule has 1 aromatic rings. The van der Waals surface area contributed by atoms with Crippen LogP contribution in [-0.2, 0) is 0 Å². The Bertz CT molecular complexity index is 473. The lowest BCUT2D eigenvalue weighted by Crippen LogP contribution is -2.43. The Labute approximate surface area is 133 Å². The van der Waals surface area contributed by atoms with Gasteiger partial charge in [-0.05, 0) is 43.0 Å². The van der Waals surface area contributed by atoms with Gasteiger partial charge in [0.2, 0.25) is 0 Å². The molecule has 0 radical (unpaired) electrons. The number of aliphatic imine (C=N–C) groups is 1. The van der Waals surface area contributed by atoms with E-state index in [4.69, 9.17) is 15.2 Å². The van der Waals surface area contributed by atoms with Crippen LogP contribution >= 0.6 is 0 Å². The van der Waals surface area contributed by atoms with Gasteiger partial charge in [0, 0.05) is 26.1 Å². The Morgan fingerprint density at radius 2 is 2.05 bits per heavy atom. The topological polar surface area (TPSA) is 60.1 Å². The summed E-state index contributed by atoms with van der Waals surface area (Å²) in [4.78, 5) is 6.65. The van der Waals surface area contributed by atoms with Gasteiger partial charge in [0.05, 0.1) is 13.7 Å². The van der Waals surface area contributed by atoms with Gasteiger partial charge in [0.1, 0.15) is 11.5 Å². The predicted molar refractivity (Wildman–Crippen MR) is 89.6 cm³/mol. The fourth-order valence-corrected chi connectivity index (χ4v) is 2.62. The molecular formula is C17H27N3O2. The van der Waals surface area contributed by atoms with Crippen LogP contribution in [0, 0.1) is 5.92 Å². The maximum absolute atomic E-state index is 6.06. The maximum atomic E-state index is 6.06. The van der Waals surface area contributed by atoms with Crippen molar-refractivity contribution in [2.75, 3.05) is 33.4 Å². The number of rotatable bonds is 6. The first kappa shape index (κ1) is 16.5. The highest BCUT2D eigenvalue weighted by Crippen LogP contribution is 2.17. The highest BCUT2D eigenvalue weighted by molar-refractivity contribution is 5.78. The predicted octanol–water partition coefficient (Wildman–Crippen LogP) is 2.51. The third kappa shape index (κ3) is 5.13. The summed E-state index contributed by atoms with van der Waals surface area (Å²) in [6, 6.07) is 7.60. The molecule has 0 saturated carbocycles. The van der Waals surface area contributed by atoms with Crippen LogP contribution in [0.1, 0.15) is 26.2 Å². The number of methoxy groups -OCH3 is 1. The summed E-state index contributed by atoms with van der Waals surface area (Å²) in [5, 5.41) is 0. The van der Waals surface area contributed by atoms with Crippen molar-refractivity contribution in [2.45, 2.75) is 26.2 Å². The van der Waals surface area contributed by atoms with Crippen LogP contribution in [0.2, 0.25) is 0 Å². The number of likely N-dealkylation sites (tertiary alicyclic amines) is 1. The molecule has 2 rings (SSSR count). The summed E-state index contributed by atoms with van der Waals surface area (Å²) in [6.07, 6.45) is 3.35. The second-order valence-corrected chi connectivity index (χ2v) is 5.81. The molecular weight excluding hydrogens is 278 g/mol. The summed E-state index contributed by atoms with van der Waals surface area (Å²) in [7, 11) is 1.65. The molecule has 22 heavy (non-hydrogen) atoms. The Hall–Kier alpha value is -1.91. The molecule has 1 fully saturated rings. The van der Waals surface area contributed by atoms with E-state index >= 15 is 0 Å². The number of hydrogen-bond donors (Lipinski definition) is 1. The maximum Gasteiger partial charge on any atom is 0.191 e. The number of nitrogens with two attached hydrogens (primary N) is 1. The summed E-state index contributed by atoms with van der Waals surface area (Å²) in [5.74, 6) is 3.07. The minimum Gasteiger partial charge on any atom is -0.497 e. The van der Waals surface area contributed by atoms with Gasteiger partial charge in [-0.2, -0.15) is 0 Å². The molecule has 0 aromatic heterocycles. The third-order valence-electron chi connectivity index (χ3n) is 3.89.